The highest BCUT2D eigenvalue weighted by Gasteiger charge is 2.16. The average molecular weight is 267 g/mol. The Morgan fingerprint density at radius 1 is 1.50 bits per heavy atom. The van der Waals surface area contributed by atoms with Crippen LogP contribution < -0.4 is 4.72 Å². The van der Waals surface area contributed by atoms with Crippen molar-refractivity contribution in [2.24, 2.45) is 0 Å². The van der Waals surface area contributed by atoms with Crippen LogP contribution in [-0.4, -0.2) is 23.5 Å². The first-order chi connectivity index (χ1) is 8.53. The summed E-state index contributed by atoms with van der Waals surface area (Å²) in [6.45, 7) is 1.53. The Balaban J connectivity index is 2.30. The van der Waals surface area contributed by atoms with E-state index in [1.54, 1.807) is 19.2 Å². The normalized spacial score (nSPS) is 11.4. The van der Waals surface area contributed by atoms with Crippen molar-refractivity contribution in [3.05, 3.63) is 42.0 Å². The lowest BCUT2D eigenvalue weighted by atomic mass is 10.3. The molecular weight excluding hydrogens is 254 g/mol. The fraction of sp³-hybridized carbons (Fsp3) is 0.182. The van der Waals surface area contributed by atoms with Crippen LogP contribution in [0.1, 0.15) is 11.3 Å². The summed E-state index contributed by atoms with van der Waals surface area (Å²) in [5.74, 6) is 0. The van der Waals surface area contributed by atoms with Crippen molar-refractivity contribution in [3.63, 3.8) is 0 Å². The number of aryl methyl sites for hydroxylation is 1. The van der Waals surface area contributed by atoms with Gasteiger partial charge in [0.25, 0.3) is 10.0 Å². The van der Waals surface area contributed by atoms with Crippen molar-refractivity contribution in [1.82, 2.24) is 9.97 Å². The van der Waals surface area contributed by atoms with Gasteiger partial charge in [0.15, 0.2) is 0 Å². The van der Waals surface area contributed by atoms with Gasteiger partial charge in [0.05, 0.1) is 12.3 Å². The molecule has 0 radical (unpaired) electrons. The fourth-order valence-electron chi connectivity index (χ4n) is 1.46. The highest BCUT2D eigenvalue weighted by Crippen LogP contribution is 2.18. The molecule has 6 nitrogen and oxygen atoms in total. The lowest BCUT2D eigenvalue weighted by molar-refractivity contribution is 0.277. The van der Waals surface area contributed by atoms with Gasteiger partial charge < -0.3 is 10.1 Å². The quantitative estimate of drug-likeness (QED) is 0.770. The van der Waals surface area contributed by atoms with E-state index >= 15 is 0 Å². The summed E-state index contributed by atoms with van der Waals surface area (Å²) in [5, 5.41) is 8.90. The Bertz CT molecular complexity index is 649. The number of anilines is 1. The number of hydrogen-bond acceptors (Lipinski definition) is 4. The predicted molar refractivity (Wildman–Crippen MR) is 66.5 cm³/mol. The first-order valence-corrected chi connectivity index (χ1v) is 6.73. The van der Waals surface area contributed by atoms with E-state index < -0.39 is 10.0 Å². The minimum Gasteiger partial charge on any atom is -0.390 e. The number of pyridine rings is 1. The summed E-state index contributed by atoms with van der Waals surface area (Å²) in [5.41, 5.74) is 1.66. The van der Waals surface area contributed by atoms with E-state index in [-0.39, 0.29) is 11.5 Å². The highest BCUT2D eigenvalue weighted by molar-refractivity contribution is 7.92. The van der Waals surface area contributed by atoms with Crippen LogP contribution in [0.2, 0.25) is 0 Å². The molecule has 0 unspecified atom stereocenters. The van der Waals surface area contributed by atoms with Crippen molar-refractivity contribution in [3.8, 4) is 0 Å². The number of aromatic amines is 1. The van der Waals surface area contributed by atoms with Crippen LogP contribution in [0.4, 0.5) is 5.69 Å². The summed E-state index contributed by atoms with van der Waals surface area (Å²) >= 11 is 0. The topological polar surface area (TPSA) is 95.1 Å². The lowest BCUT2D eigenvalue weighted by Gasteiger charge is -2.08. The lowest BCUT2D eigenvalue weighted by Crippen LogP contribution is -2.13. The van der Waals surface area contributed by atoms with Gasteiger partial charge in [-0.2, -0.15) is 0 Å². The second-order valence-corrected chi connectivity index (χ2v) is 5.50. The molecule has 0 bridgehead atoms. The third-order valence-electron chi connectivity index (χ3n) is 2.46. The van der Waals surface area contributed by atoms with Crippen LogP contribution in [-0.2, 0) is 16.6 Å². The Morgan fingerprint density at radius 2 is 2.28 bits per heavy atom. The molecule has 96 valence electrons. The third-order valence-corrected chi connectivity index (χ3v) is 3.81. The zero-order valence-corrected chi connectivity index (χ0v) is 10.5. The maximum absolute atomic E-state index is 12.0. The number of sulfonamides is 1. The number of rotatable bonds is 4. The van der Waals surface area contributed by atoms with Crippen LogP contribution in [0.15, 0.2) is 35.6 Å². The fourth-order valence-corrected chi connectivity index (χ4v) is 2.60. The van der Waals surface area contributed by atoms with Crippen LogP contribution in [0.5, 0.6) is 0 Å². The predicted octanol–water partition coefficient (Wildman–Crippen LogP) is 1.01. The van der Waals surface area contributed by atoms with E-state index in [0.717, 1.165) is 5.56 Å². The molecule has 0 aliphatic heterocycles. The van der Waals surface area contributed by atoms with Crippen molar-refractivity contribution in [1.29, 1.82) is 0 Å². The molecule has 2 aromatic heterocycles. The summed E-state index contributed by atoms with van der Waals surface area (Å²) in [6.07, 6.45) is 4.43. The minimum atomic E-state index is -3.65. The molecule has 3 N–H and O–H groups in total. The maximum Gasteiger partial charge on any atom is 0.263 e. The number of H-pyrrole nitrogens is 1. The Morgan fingerprint density at radius 3 is 2.89 bits per heavy atom. The van der Waals surface area contributed by atoms with Crippen molar-refractivity contribution < 1.29 is 13.5 Å². The van der Waals surface area contributed by atoms with Crippen LogP contribution in [0.25, 0.3) is 0 Å². The third kappa shape index (κ3) is 2.52. The molecule has 0 aliphatic carbocycles. The van der Waals surface area contributed by atoms with Gasteiger partial charge in [0.2, 0.25) is 0 Å². The van der Waals surface area contributed by atoms with Gasteiger partial charge in [-0.05, 0) is 24.6 Å². The zero-order valence-electron chi connectivity index (χ0n) is 9.71. The molecule has 2 heterocycles. The second-order valence-electron chi connectivity index (χ2n) is 3.81. The van der Waals surface area contributed by atoms with Crippen molar-refractivity contribution in [2.75, 3.05) is 4.72 Å². The molecule has 0 fully saturated rings. The van der Waals surface area contributed by atoms with Crippen LogP contribution >= 0.6 is 0 Å². The molecule has 7 heteroatoms. The van der Waals surface area contributed by atoms with Gasteiger partial charge in [-0.15, -0.1) is 0 Å². The van der Waals surface area contributed by atoms with E-state index in [9.17, 15) is 8.42 Å². The Labute approximate surface area is 105 Å². The molecule has 0 aromatic carbocycles. The Hall–Kier alpha value is -1.86. The summed E-state index contributed by atoms with van der Waals surface area (Å²) < 4.78 is 26.6. The molecule has 0 spiro atoms. The number of hydrogen-bond donors (Lipinski definition) is 3. The summed E-state index contributed by atoms with van der Waals surface area (Å²) in [7, 11) is -3.65. The number of aliphatic hydroxyl groups excluding tert-OH is 1. The van der Waals surface area contributed by atoms with Crippen LogP contribution in [0, 0.1) is 6.92 Å². The smallest absolute Gasteiger partial charge is 0.263 e. The van der Waals surface area contributed by atoms with Gasteiger partial charge >= 0.3 is 0 Å². The molecule has 0 amide bonds. The first kappa shape index (κ1) is 12.6. The standard InChI is InChI=1S/C11H13N3O3S/c1-8-5-12-3-2-11(8)14-18(16,17)10-4-9(7-15)13-6-10/h2-6,13,15H,7H2,1H3,(H,12,14). The van der Waals surface area contributed by atoms with Gasteiger partial charge in [-0.1, -0.05) is 0 Å². The van der Waals surface area contributed by atoms with E-state index in [0.29, 0.717) is 11.4 Å². The van der Waals surface area contributed by atoms with Gasteiger partial charge in [-0.3, -0.25) is 9.71 Å². The van der Waals surface area contributed by atoms with Crippen molar-refractivity contribution in [2.45, 2.75) is 18.4 Å². The molecule has 2 rings (SSSR count). The molecule has 0 aliphatic rings. The minimum absolute atomic E-state index is 0.0859. The van der Waals surface area contributed by atoms with Crippen LogP contribution in [0.3, 0.4) is 0 Å². The largest absolute Gasteiger partial charge is 0.390 e. The summed E-state index contributed by atoms with van der Waals surface area (Å²) in [4.78, 5) is 6.66. The molecule has 2 aromatic rings. The monoisotopic (exact) mass is 267 g/mol. The SMILES string of the molecule is Cc1cnccc1NS(=O)(=O)c1c[nH]c(CO)c1. The number of aromatic nitrogens is 2. The van der Waals surface area contributed by atoms with Gasteiger partial charge in [0.1, 0.15) is 4.90 Å². The number of nitrogens with zero attached hydrogens (tertiary/aromatic N) is 1. The molecule has 0 saturated carbocycles. The molecular formula is C11H13N3O3S. The highest BCUT2D eigenvalue weighted by atomic mass is 32.2. The molecule has 0 atom stereocenters. The average Bonchev–Trinajstić information content (AvgIpc) is 2.81. The van der Waals surface area contributed by atoms with E-state index in [1.807, 2.05) is 0 Å². The zero-order chi connectivity index (χ0) is 13.2. The Kier molecular flexibility index (Phi) is 3.35. The second kappa shape index (κ2) is 4.79. The summed E-state index contributed by atoms with van der Waals surface area (Å²) in [6, 6.07) is 2.98. The van der Waals surface area contributed by atoms with Gasteiger partial charge in [-0.25, -0.2) is 8.42 Å². The maximum atomic E-state index is 12.0. The number of aliphatic hydroxyl groups is 1. The van der Waals surface area contributed by atoms with E-state index in [1.165, 1.54) is 18.5 Å². The molecule has 0 saturated heterocycles. The first-order valence-electron chi connectivity index (χ1n) is 5.24. The van der Waals surface area contributed by atoms with Gasteiger partial charge in [0, 0.05) is 24.3 Å². The van der Waals surface area contributed by atoms with E-state index in [4.69, 9.17) is 5.11 Å². The van der Waals surface area contributed by atoms with E-state index in [2.05, 4.69) is 14.7 Å². The van der Waals surface area contributed by atoms with Crippen molar-refractivity contribution >= 4 is 15.7 Å². The molecule has 18 heavy (non-hydrogen) atoms. The number of nitrogens with one attached hydrogen (secondary N) is 2.